The molecule has 3 rings (SSSR count). The second-order valence-electron chi connectivity index (χ2n) is 7.46. The zero-order valence-corrected chi connectivity index (χ0v) is 18.6. The predicted molar refractivity (Wildman–Crippen MR) is 119 cm³/mol. The van der Waals surface area contributed by atoms with E-state index in [1.807, 2.05) is 61.5 Å². The Balaban J connectivity index is 1.69. The molecule has 0 aromatic heterocycles. The smallest absolute Gasteiger partial charge is 0.345 e. The van der Waals surface area contributed by atoms with Gasteiger partial charge in [-0.15, -0.1) is 0 Å². The molecule has 0 heterocycles. The van der Waals surface area contributed by atoms with E-state index in [4.69, 9.17) is 0 Å². The Morgan fingerprint density at radius 1 is 0.879 bits per heavy atom. The Bertz CT molecular complexity index is 1200. The Morgan fingerprint density at radius 2 is 1.45 bits per heavy atom. The molecule has 2 N–H and O–H groups in total. The summed E-state index contributed by atoms with van der Waals surface area (Å²) in [6.45, 7) is 1.60. The van der Waals surface area contributed by atoms with Crippen molar-refractivity contribution in [1.29, 1.82) is 0 Å². The van der Waals surface area contributed by atoms with Crippen molar-refractivity contribution in [3.8, 4) is 0 Å². The topological polar surface area (TPSA) is 75.3 Å². The van der Waals surface area contributed by atoms with Gasteiger partial charge in [0.25, 0.3) is 0 Å². The van der Waals surface area contributed by atoms with Gasteiger partial charge in [-0.1, -0.05) is 72.3 Å². The quantitative estimate of drug-likeness (QED) is 0.500. The van der Waals surface area contributed by atoms with Crippen molar-refractivity contribution in [2.24, 2.45) is 0 Å². The van der Waals surface area contributed by atoms with Crippen molar-refractivity contribution >= 4 is 15.9 Å². The second-order valence-corrected chi connectivity index (χ2v) is 9.20. The molecule has 3 aromatic carbocycles. The van der Waals surface area contributed by atoms with Gasteiger partial charge in [0.1, 0.15) is 0 Å². The minimum Gasteiger partial charge on any atom is -0.345 e. The summed E-state index contributed by atoms with van der Waals surface area (Å²) in [5, 5.41) is 2.88. The van der Waals surface area contributed by atoms with Crippen molar-refractivity contribution in [3.05, 3.63) is 101 Å². The van der Waals surface area contributed by atoms with Crippen LogP contribution in [0.3, 0.4) is 0 Å². The first kappa shape index (κ1) is 24.5. The normalized spacial score (nSPS) is 12.8. The van der Waals surface area contributed by atoms with Gasteiger partial charge in [0, 0.05) is 13.0 Å². The molecule has 1 amide bonds. The standard InChI is InChI=1S/C24H23F3N2O3S/c1-17-11-13-19(14-12-17)23(18-7-3-2-4-8-18)29-22(30)15-16-28-33(31,32)21-10-6-5-9-20(21)24(25,26)27/h2-14,23,28H,15-16H2,1H3,(H,29,30)/t23-/m1/s1. The molecule has 0 saturated carbocycles. The largest absolute Gasteiger partial charge is 0.417 e. The van der Waals surface area contributed by atoms with Crippen LogP contribution in [0.15, 0.2) is 83.8 Å². The third-order valence-electron chi connectivity index (χ3n) is 4.98. The number of hydrogen-bond donors (Lipinski definition) is 2. The van der Waals surface area contributed by atoms with E-state index in [-0.39, 0.29) is 13.0 Å². The zero-order chi connectivity index (χ0) is 24.1. The Morgan fingerprint density at radius 3 is 2.09 bits per heavy atom. The number of sulfonamides is 1. The molecule has 3 aromatic rings. The van der Waals surface area contributed by atoms with Crippen LogP contribution in [0.2, 0.25) is 0 Å². The van der Waals surface area contributed by atoms with E-state index in [0.717, 1.165) is 28.8 Å². The molecule has 0 radical (unpaired) electrons. The predicted octanol–water partition coefficient (Wildman–Crippen LogP) is 4.59. The second kappa shape index (κ2) is 10.2. The van der Waals surface area contributed by atoms with Crippen LogP contribution >= 0.6 is 0 Å². The van der Waals surface area contributed by atoms with E-state index in [2.05, 4.69) is 10.0 Å². The fourth-order valence-electron chi connectivity index (χ4n) is 3.31. The summed E-state index contributed by atoms with van der Waals surface area (Å²) < 4.78 is 66.5. The Hall–Kier alpha value is -3.17. The number of alkyl halides is 3. The van der Waals surface area contributed by atoms with E-state index in [0.29, 0.717) is 6.07 Å². The molecule has 5 nitrogen and oxygen atoms in total. The first-order valence-corrected chi connectivity index (χ1v) is 11.6. The molecule has 33 heavy (non-hydrogen) atoms. The number of hydrogen-bond acceptors (Lipinski definition) is 3. The number of carbonyl (C=O) groups is 1. The average Bonchev–Trinajstić information content (AvgIpc) is 2.78. The molecule has 1 atom stereocenters. The first-order chi connectivity index (χ1) is 15.6. The van der Waals surface area contributed by atoms with Crippen LogP contribution in [-0.2, 0) is 21.0 Å². The van der Waals surface area contributed by atoms with Gasteiger partial charge in [-0.3, -0.25) is 4.79 Å². The number of rotatable bonds is 8. The van der Waals surface area contributed by atoms with Gasteiger partial charge in [0.05, 0.1) is 16.5 Å². The Kier molecular flexibility index (Phi) is 7.55. The lowest BCUT2D eigenvalue weighted by Gasteiger charge is -2.20. The van der Waals surface area contributed by atoms with Crippen molar-refractivity contribution in [3.63, 3.8) is 0 Å². The molecule has 0 aliphatic carbocycles. The molecular weight excluding hydrogens is 453 g/mol. The fraction of sp³-hybridized carbons (Fsp3) is 0.208. The van der Waals surface area contributed by atoms with Crippen LogP contribution in [0.25, 0.3) is 0 Å². The van der Waals surface area contributed by atoms with Crippen LogP contribution in [-0.4, -0.2) is 20.9 Å². The number of benzene rings is 3. The molecule has 0 saturated heterocycles. The van der Waals surface area contributed by atoms with Gasteiger partial charge in [-0.25, -0.2) is 13.1 Å². The summed E-state index contributed by atoms with van der Waals surface area (Å²) in [4.78, 5) is 11.7. The van der Waals surface area contributed by atoms with Crippen molar-refractivity contribution in [2.45, 2.75) is 30.5 Å². The molecule has 0 bridgehead atoms. The maximum absolute atomic E-state index is 13.2. The van der Waals surface area contributed by atoms with E-state index < -0.39 is 38.6 Å². The van der Waals surface area contributed by atoms with Gasteiger partial charge < -0.3 is 5.32 Å². The highest BCUT2D eigenvalue weighted by atomic mass is 32.2. The SMILES string of the molecule is Cc1ccc([C@H](NC(=O)CCNS(=O)(=O)c2ccccc2C(F)(F)F)c2ccccc2)cc1. The van der Waals surface area contributed by atoms with Crippen molar-refractivity contribution in [1.82, 2.24) is 10.0 Å². The minimum absolute atomic E-state index is 0.247. The summed E-state index contributed by atoms with van der Waals surface area (Å²) in [5.41, 5.74) is 1.49. The summed E-state index contributed by atoms with van der Waals surface area (Å²) >= 11 is 0. The number of aryl methyl sites for hydroxylation is 1. The third-order valence-corrected chi connectivity index (χ3v) is 6.49. The molecule has 9 heteroatoms. The fourth-order valence-corrected chi connectivity index (χ4v) is 4.57. The van der Waals surface area contributed by atoms with E-state index in [1.165, 1.54) is 6.07 Å². The lowest BCUT2D eigenvalue weighted by atomic mass is 9.97. The van der Waals surface area contributed by atoms with Gasteiger partial charge in [-0.05, 0) is 30.2 Å². The first-order valence-electron chi connectivity index (χ1n) is 10.1. The minimum atomic E-state index is -4.82. The van der Waals surface area contributed by atoms with E-state index in [9.17, 15) is 26.4 Å². The number of halogens is 3. The highest BCUT2D eigenvalue weighted by Crippen LogP contribution is 2.33. The zero-order valence-electron chi connectivity index (χ0n) is 17.8. The number of amides is 1. The van der Waals surface area contributed by atoms with E-state index in [1.54, 1.807) is 0 Å². The van der Waals surface area contributed by atoms with Gasteiger partial charge in [0.15, 0.2) is 0 Å². The van der Waals surface area contributed by atoms with Crippen LogP contribution in [0.4, 0.5) is 13.2 Å². The monoisotopic (exact) mass is 476 g/mol. The van der Waals surface area contributed by atoms with Crippen molar-refractivity contribution in [2.75, 3.05) is 6.54 Å². The highest BCUT2D eigenvalue weighted by molar-refractivity contribution is 7.89. The lowest BCUT2D eigenvalue weighted by Crippen LogP contribution is -2.34. The average molecular weight is 477 g/mol. The molecule has 0 unspecified atom stereocenters. The summed E-state index contributed by atoms with van der Waals surface area (Å²) in [6.07, 6.45) is -5.07. The summed E-state index contributed by atoms with van der Waals surface area (Å²) in [6, 6.07) is 20.3. The van der Waals surface area contributed by atoms with Crippen LogP contribution in [0.5, 0.6) is 0 Å². The van der Waals surface area contributed by atoms with Crippen molar-refractivity contribution < 1.29 is 26.4 Å². The maximum atomic E-state index is 13.2. The van der Waals surface area contributed by atoms with E-state index >= 15 is 0 Å². The number of nitrogens with one attached hydrogen (secondary N) is 2. The molecule has 0 aliphatic heterocycles. The lowest BCUT2D eigenvalue weighted by molar-refractivity contribution is -0.139. The molecule has 0 fully saturated rings. The Labute approximate surface area is 190 Å². The summed E-state index contributed by atoms with van der Waals surface area (Å²) in [5.74, 6) is -0.448. The van der Waals surface area contributed by atoms with Crippen LogP contribution < -0.4 is 10.0 Å². The van der Waals surface area contributed by atoms with Crippen LogP contribution in [0.1, 0.15) is 34.7 Å². The van der Waals surface area contributed by atoms with Gasteiger partial charge >= 0.3 is 6.18 Å². The summed E-state index contributed by atoms with van der Waals surface area (Å²) in [7, 11) is -4.46. The highest BCUT2D eigenvalue weighted by Gasteiger charge is 2.36. The molecule has 0 spiro atoms. The third kappa shape index (κ3) is 6.43. The number of carbonyl (C=O) groups excluding carboxylic acids is 1. The molecule has 174 valence electrons. The van der Waals surface area contributed by atoms with Gasteiger partial charge in [0.2, 0.25) is 15.9 Å². The van der Waals surface area contributed by atoms with Gasteiger partial charge in [-0.2, -0.15) is 13.2 Å². The maximum Gasteiger partial charge on any atom is 0.417 e. The molecular formula is C24H23F3N2O3S. The van der Waals surface area contributed by atoms with Crippen LogP contribution in [0, 0.1) is 6.92 Å². The molecule has 0 aliphatic rings.